The zero-order valence-corrected chi connectivity index (χ0v) is 23.9. The highest BCUT2D eigenvalue weighted by Gasteiger charge is 2.48. The van der Waals surface area contributed by atoms with Crippen molar-refractivity contribution in [1.29, 1.82) is 0 Å². The first kappa shape index (κ1) is 30.8. The Bertz CT molecular complexity index is 1580. The Morgan fingerprint density at radius 2 is 1.90 bits per heavy atom. The van der Waals surface area contributed by atoms with Crippen LogP contribution in [0.5, 0.6) is 0 Å². The highest BCUT2D eigenvalue weighted by Crippen LogP contribution is 2.46. The quantitative estimate of drug-likeness (QED) is 0.197. The van der Waals surface area contributed by atoms with Crippen molar-refractivity contribution in [3.63, 3.8) is 0 Å². The molecule has 222 valence electrons. The Kier molecular flexibility index (Phi) is 9.42. The Morgan fingerprint density at radius 1 is 1.19 bits per heavy atom. The van der Waals surface area contributed by atoms with Gasteiger partial charge in [0.1, 0.15) is 29.0 Å². The monoisotopic (exact) mass is 603 g/mol. The molecule has 10 nitrogen and oxygen atoms in total. The van der Waals surface area contributed by atoms with E-state index in [-0.39, 0.29) is 48.3 Å². The van der Waals surface area contributed by atoms with Gasteiger partial charge in [-0.3, -0.25) is 4.79 Å². The zero-order valence-electron chi connectivity index (χ0n) is 23.1. The minimum Gasteiger partial charge on any atom is -0.385 e. The van der Waals surface area contributed by atoms with Crippen molar-refractivity contribution in [1.82, 2.24) is 24.3 Å². The smallest absolute Gasteiger partial charge is 0.385 e. The van der Waals surface area contributed by atoms with E-state index in [0.29, 0.717) is 27.6 Å². The summed E-state index contributed by atoms with van der Waals surface area (Å²) in [7, 11) is 1.68. The van der Waals surface area contributed by atoms with Gasteiger partial charge >= 0.3 is 6.18 Å². The van der Waals surface area contributed by atoms with Crippen LogP contribution in [0, 0.1) is 0 Å². The molecule has 5 rings (SSSR count). The number of anilines is 2. The standard InChI is InChI=1S/C25H21ClF3N7O2.C3H8O/c1-24(14-3-5-15(26)6-4-14)18-20(30-9-2-12-37)33-19(34-21(18)35-23(24)38)17-13-36-11-10-31-22(36)16(32-17)7-8-25(27,28)29;1-3-4-2/h3-6,10-13H,2,7-9H2,1H3,(H2,30,33,34,35,38);3H2,1-2H3. The van der Waals surface area contributed by atoms with Gasteiger partial charge in [0.05, 0.1) is 11.3 Å². The summed E-state index contributed by atoms with van der Waals surface area (Å²) < 4.78 is 45.0. The van der Waals surface area contributed by atoms with Gasteiger partial charge in [-0.1, -0.05) is 23.7 Å². The fraction of sp³-hybridized carbons (Fsp3) is 0.357. The van der Waals surface area contributed by atoms with Crippen molar-refractivity contribution >= 4 is 41.1 Å². The Labute approximate surface area is 244 Å². The van der Waals surface area contributed by atoms with Crippen LogP contribution in [0.25, 0.3) is 17.2 Å². The first-order chi connectivity index (χ1) is 20.0. The van der Waals surface area contributed by atoms with Crippen LogP contribution in [0.15, 0.2) is 42.9 Å². The van der Waals surface area contributed by atoms with Gasteiger partial charge in [0.25, 0.3) is 0 Å². The van der Waals surface area contributed by atoms with Crippen molar-refractivity contribution in [2.24, 2.45) is 0 Å². The maximum atomic E-state index is 13.3. The third-order valence-electron chi connectivity index (χ3n) is 6.68. The SMILES string of the molecule is CC1(c2ccc(Cl)cc2)C(=O)Nc2nc(-c3cn4ccnc4c(CCC(F)(F)F)n3)nc(NCCC=O)c21.CCOC. The molecule has 0 fully saturated rings. The molecule has 1 amide bonds. The second kappa shape index (κ2) is 12.8. The molecule has 1 atom stereocenters. The number of halogens is 4. The average Bonchev–Trinajstić information content (AvgIpc) is 3.54. The van der Waals surface area contributed by atoms with Crippen molar-refractivity contribution in [2.45, 2.75) is 44.7 Å². The van der Waals surface area contributed by atoms with Gasteiger partial charge in [-0.15, -0.1) is 0 Å². The number of aryl methyl sites for hydroxylation is 1. The van der Waals surface area contributed by atoms with Crippen molar-refractivity contribution in [3.8, 4) is 11.5 Å². The number of ether oxygens (including phenoxy) is 1. The third kappa shape index (κ3) is 6.52. The van der Waals surface area contributed by atoms with E-state index in [2.05, 4.69) is 35.3 Å². The number of alkyl halides is 3. The molecule has 4 heterocycles. The summed E-state index contributed by atoms with van der Waals surface area (Å²) >= 11 is 6.05. The number of amides is 1. The minimum absolute atomic E-state index is 0.0851. The Balaban J connectivity index is 0.000000952. The molecule has 0 spiro atoms. The number of methoxy groups -OCH3 is 1. The fourth-order valence-corrected chi connectivity index (χ4v) is 4.58. The van der Waals surface area contributed by atoms with E-state index in [9.17, 15) is 22.8 Å². The number of nitrogens with one attached hydrogen (secondary N) is 2. The van der Waals surface area contributed by atoms with Crippen LogP contribution in [-0.4, -0.2) is 63.0 Å². The third-order valence-corrected chi connectivity index (χ3v) is 6.93. The zero-order chi connectivity index (χ0) is 30.5. The van der Waals surface area contributed by atoms with Crippen LogP contribution in [0.3, 0.4) is 0 Å². The average molecular weight is 604 g/mol. The number of carbonyl (C=O) groups excluding carboxylic acids is 2. The van der Waals surface area contributed by atoms with Crippen molar-refractivity contribution in [2.75, 3.05) is 30.9 Å². The molecule has 1 aliphatic heterocycles. The highest BCUT2D eigenvalue weighted by molar-refractivity contribution is 6.30. The second-order valence-electron chi connectivity index (χ2n) is 9.51. The lowest BCUT2D eigenvalue weighted by molar-refractivity contribution is -0.134. The second-order valence-corrected chi connectivity index (χ2v) is 9.95. The van der Waals surface area contributed by atoms with E-state index in [1.54, 1.807) is 55.1 Å². The number of carbonyl (C=O) groups is 2. The predicted molar refractivity (Wildman–Crippen MR) is 152 cm³/mol. The Morgan fingerprint density at radius 3 is 2.55 bits per heavy atom. The number of aromatic nitrogens is 5. The maximum absolute atomic E-state index is 13.3. The summed E-state index contributed by atoms with van der Waals surface area (Å²) in [6.07, 6.45) is -0.252. The van der Waals surface area contributed by atoms with Crippen LogP contribution < -0.4 is 10.6 Å². The van der Waals surface area contributed by atoms with Gasteiger partial charge in [-0.2, -0.15) is 13.2 Å². The molecule has 3 aromatic heterocycles. The lowest BCUT2D eigenvalue weighted by Gasteiger charge is -2.25. The van der Waals surface area contributed by atoms with Crippen molar-refractivity contribution in [3.05, 3.63) is 64.7 Å². The number of benzene rings is 1. The summed E-state index contributed by atoms with van der Waals surface area (Å²) in [5.74, 6) is 0.271. The fourth-order valence-electron chi connectivity index (χ4n) is 4.45. The van der Waals surface area contributed by atoms with E-state index < -0.39 is 18.0 Å². The molecule has 0 radical (unpaired) electrons. The number of imidazole rings is 1. The molecule has 1 aliphatic rings. The molecule has 0 aliphatic carbocycles. The molecule has 0 bridgehead atoms. The van der Waals surface area contributed by atoms with Crippen LogP contribution in [-0.2, 0) is 26.2 Å². The molecule has 0 saturated heterocycles. The van der Waals surface area contributed by atoms with Gasteiger partial charge < -0.3 is 24.6 Å². The van der Waals surface area contributed by atoms with E-state index in [1.165, 1.54) is 6.20 Å². The van der Waals surface area contributed by atoms with Crippen molar-refractivity contribution < 1.29 is 27.5 Å². The van der Waals surface area contributed by atoms with Gasteiger partial charge in [-0.25, -0.2) is 19.9 Å². The van der Waals surface area contributed by atoms with Crippen LogP contribution in [0.4, 0.5) is 24.8 Å². The summed E-state index contributed by atoms with van der Waals surface area (Å²) in [5, 5.41) is 6.42. The number of fused-ring (bicyclic) bond motifs is 2. The van der Waals surface area contributed by atoms with Crippen LogP contribution in [0.2, 0.25) is 5.02 Å². The molecule has 1 unspecified atom stereocenters. The highest BCUT2D eigenvalue weighted by atomic mass is 35.5. The molecule has 4 aromatic rings. The number of nitrogens with zero attached hydrogens (tertiary/aromatic N) is 5. The predicted octanol–water partition coefficient (Wildman–Crippen LogP) is 5.25. The summed E-state index contributed by atoms with van der Waals surface area (Å²) in [4.78, 5) is 42.0. The number of hydrogen-bond acceptors (Lipinski definition) is 8. The minimum atomic E-state index is -4.36. The maximum Gasteiger partial charge on any atom is 0.389 e. The van der Waals surface area contributed by atoms with Gasteiger partial charge in [0.15, 0.2) is 11.5 Å². The molecule has 2 N–H and O–H groups in total. The summed E-state index contributed by atoms with van der Waals surface area (Å²) in [6.45, 7) is 4.75. The lowest BCUT2D eigenvalue weighted by Crippen LogP contribution is -2.33. The largest absolute Gasteiger partial charge is 0.389 e. The lowest BCUT2D eigenvalue weighted by atomic mass is 9.77. The molecule has 1 aromatic carbocycles. The first-order valence-electron chi connectivity index (χ1n) is 13.1. The van der Waals surface area contributed by atoms with Gasteiger partial charge in [-0.05, 0) is 31.5 Å². The van der Waals surface area contributed by atoms with Gasteiger partial charge in [0, 0.05) is 63.1 Å². The van der Waals surface area contributed by atoms with E-state index >= 15 is 0 Å². The number of rotatable bonds is 9. The Hall–Kier alpha value is -4.10. The van der Waals surface area contributed by atoms with Gasteiger partial charge in [0.2, 0.25) is 5.91 Å². The van der Waals surface area contributed by atoms with Crippen LogP contribution in [0.1, 0.15) is 43.5 Å². The van der Waals surface area contributed by atoms with E-state index in [0.717, 1.165) is 12.9 Å². The summed E-state index contributed by atoms with van der Waals surface area (Å²) in [6, 6.07) is 6.83. The molecule has 42 heavy (non-hydrogen) atoms. The molecular formula is C28H29ClF3N7O3. The topological polar surface area (TPSA) is 123 Å². The molecule has 14 heteroatoms. The van der Waals surface area contributed by atoms with Crippen LogP contribution >= 0.6 is 11.6 Å². The normalized spacial score (nSPS) is 16.0. The first-order valence-corrected chi connectivity index (χ1v) is 13.5. The summed E-state index contributed by atoms with van der Waals surface area (Å²) in [5.41, 5.74) is 0.581. The van der Waals surface area contributed by atoms with E-state index in [1.807, 2.05) is 6.92 Å². The number of hydrogen-bond donors (Lipinski definition) is 2. The number of aldehydes is 1. The molecular weight excluding hydrogens is 575 g/mol. The van der Waals surface area contributed by atoms with E-state index in [4.69, 9.17) is 11.6 Å². The molecule has 0 saturated carbocycles.